The molecule has 0 heteroatoms. The van der Waals surface area contributed by atoms with Crippen LogP contribution >= 0.6 is 0 Å². The number of hydrogen-bond acceptors (Lipinski definition) is 0. The van der Waals surface area contributed by atoms with Crippen molar-refractivity contribution in [1.29, 1.82) is 0 Å². The molecule has 0 aromatic carbocycles. The topological polar surface area (TPSA) is 0 Å². The van der Waals surface area contributed by atoms with Gasteiger partial charge < -0.3 is 0 Å². The van der Waals surface area contributed by atoms with Gasteiger partial charge in [0.2, 0.25) is 0 Å². The quantitative estimate of drug-likeness (QED) is 0.143. The highest BCUT2D eigenvalue weighted by Crippen LogP contribution is 2.46. The lowest BCUT2D eigenvalue weighted by Crippen LogP contribution is -2.31. The molecule has 0 aliphatic heterocycles. The van der Waals surface area contributed by atoms with E-state index in [0.29, 0.717) is 5.92 Å². The number of hydrogen-bond donors (Lipinski definition) is 0. The lowest BCUT2D eigenvalue weighted by atomic mass is 9.64. The predicted molar refractivity (Wildman–Crippen MR) is 168 cm³/mol. The SMILES string of the molecule is C=C(/C=C(/CC)C(=C)C(C)CCC(C)C(C)CC1CCC(C2CCC(CCCCC)CC2)CC1C)CC. The number of rotatable bonds is 16. The van der Waals surface area contributed by atoms with Gasteiger partial charge in [-0.15, -0.1) is 0 Å². The summed E-state index contributed by atoms with van der Waals surface area (Å²) in [5.74, 6) is 7.24. The van der Waals surface area contributed by atoms with Crippen LogP contribution in [0.2, 0.25) is 0 Å². The fourth-order valence-corrected chi connectivity index (χ4v) is 7.68. The molecule has 0 heterocycles. The van der Waals surface area contributed by atoms with E-state index in [4.69, 9.17) is 0 Å². The molecule has 6 unspecified atom stereocenters. The lowest BCUT2D eigenvalue weighted by Gasteiger charge is -2.42. The summed E-state index contributed by atoms with van der Waals surface area (Å²) in [6.07, 6.45) is 24.9. The average Bonchev–Trinajstić information content (AvgIpc) is 2.91. The van der Waals surface area contributed by atoms with Crippen LogP contribution < -0.4 is 0 Å². The molecule has 6 atom stereocenters. The zero-order chi connectivity index (χ0) is 27.4. The smallest absolute Gasteiger partial charge is 0.0193 e. The molecule has 2 fully saturated rings. The monoisotopic (exact) mass is 511 g/mol. The summed E-state index contributed by atoms with van der Waals surface area (Å²) in [6.45, 7) is 25.5. The third-order valence-electron chi connectivity index (χ3n) is 11.1. The van der Waals surface area contributed by atoms with E-state index in [9.17, 15) is 0 Å². The Bertz CT molecular complexity index is 687. The molecule has 214 valence electrons. The predicted octanol–water partition coefficient (Wildman–Crippen LogP) is 12.4. The van der Waals surface area contributed by atoms with Crippen LogP contribution in [0.25, 0.3) is 0 Å². The molecule has 0 saturated heterocycles. The van der Waals surface area contributed by atoms with E-state index in [-0.39, 0.29) is 0 Å². The molecule has 0 spiro atoms. The summed E-state index contributed by atoms with van der Waals surface area (Å²) in [4.78, 5) is 0. The van der Waals surface area contributed by atoms with Gasteiger partial charge in [0.1, 0.15) is 0 Å². The van der Waals surface area contributed by atoms with E-state index in [1.165, 1.54) is 107 Å². The van der Waals surface area contributed by atoms with Crippen molar-refractivity contribution < 1.29 is 0 Å². The largest absolute Gasteiger partial charge is 0.0958 e. The molecule has 37 heavy (non-hydrogen) atoms. The molecular weight excluding hydrogens is 444 g/mol. The summed E-state index contributed by atoms with van der Waals surface area (Å²) in [6, 6.07) is 0. The van der Waals surface area contributed by atoms with E-state index >= 15 is 0 Å². The van der Waals surface area contributed by atoms with Crippen LogP contribution in [0.1, 0.15) is 151 Å². The minimum atomic E-state index is 0.571. The van der Waals surface area contributed by atoms with Crippen molar-refractivity contribution in [2.24, 2.45) is 47.3 Å². The average molecular weight is 511 g/mol. The Labute approximate surface area is 234 Å². The molecule has 0 N–H and O–H groups in total. The first-order valence-electron chi connectivity index (χ1n) is 16.8. The molecule has 0 aromatic heterocycles. The molecule has 2 rings (SSSR count). The third kappa shape index (κ3) is 10.7. The van der Waals surface area contributed by atoms with E-state index < -0.39 is 0 Å². The third-order valence-corrected chi connectivity index (χ3v) is 11.1. The first kappa shape index (κ1) is 32.4. The Hall–Kier alpha value is -0.780. The Morgan fingerprint density at radius 3 is 2.08 bits per heavy atom. The van der Waals surface area contributed by atoms with E-state index in [1.54, 1.807) is 0 Å². The highest BCUT2D eigenvalue weighted by Gasteiger charge is 2.35. The highest BCUT2D eigenvalue weighted by atomic mass is 14.4. The van der Waals surface area contributed by atoms with Crippen molar-refractivity contribution in [3.8, 4) is 0 Å². The number of unbranched alkanes of at least 4 members (excludes halogenated alkanes) is 2. The van der Waals surface area contributed by atoms with Gasteiger partial charge in [-0.05, 0) is 123 Å². The molecule has 0 radical (unpaired) electrons. The maximum atomic E-state index is 4.50. The van der Waals surface area contributed by atoms with Gasteiger partial charge in [0, 0.05) is 0 Å². The molecule has 2 aliphatic rings. The standard InChI is InChI=1S/C37H66/c1-10-13-14-15-33-18-20-35(21-19-33)37-23-22-36(31(8)26-37)25-30(7)28(5)16-17-29(6)32(9)34(12-3)24-27(4)11-2/h24,28-31,33,35-37H,4,9-23,25-26H2,1-3,5-8H3/b34-24-. The summed E-state index contributed by atoms with van der Waals surface area (Å²) < 4.78 is 0. The maximum absolute atomic E-state index is 4.50. The summed E-state index contributed by atoms with van der Waals surface area (Å²) >= 11 is 0. The van der Waals surface area contributed by atoms with Crippen LogP contribution in [-0.4, -0.2) is 0 Å². The zero-order valence-electron chi connectivity index (χ0n) is 26.4. The van der Waals surface area contributed by atoms with Crippen molar-refractivity contribution in [1.82, 2.24) is 0 Å². The molecule has 2 aliphatic carbocycles. The highest BCUT2D eigenvalue weighted by molar-refractivity contribution is 5.35. The molecule has 0 amide bonds. The lowest BCUT2D eigenvalue weighted by molar-refractivity contribution is 0.0929. The Balaban J connectivity index is 1.73. The van der Waals surface area contributed by atoms with Crippen LogP contribution in [0.5, 0.6) is 0 Å². The van der Waals surface area contributed by atoms with E-state index in [1.807, 2.05) is 0 Å². The summed E-state index contributed by atoms with van der Waals surface area (Å²) in [5, 5.41) is 0. The second-order valence-corrected chi connectivity index (χ2v) is 13.8. The zero-order valence-corrected chi connectivity index (χ0v) is 26.4. The number of allylic oxidation sites excluding steroid dienone is 4. The summed E-state index contributed by atoms with van der Waals surface area (Å²) in [7, 11) is 0. The van der Waals surface area contributed by atoms with Gasteiger partial charge in [-0.2, -0.15) is 0 Å². The minimum Gasteiger partial charge on any atom is -0.0958 e. The van der Waals surface area contributed by atoms with Gasteiger partial charge in [-0.1, -0.05) is 112 Å². The van der Waals surface area contributed by atoms with E-state index in [2.05, 4.69) is 67.7 Å². The van der Waals surface area contributed by atoms with Crippen molar-refractivity contribution in [3.05, 3.63) is 36.0 Å². The molecule has 0 nitrogen and oxygen atoms in total. The van der Waals surface area contributed by atoms with E-state index in [0.717, 1.165) is 54.3 Å². The van der Waals surface area contributed by atoms with Crippen molar-refractivity contribution in [3.63, 3.8) is 0 Å². The van der Waals surface area contributed by atoms with Gasteiger partial charge >= 0.3 is 0 Å². The normalized spacial score (nSPS) is 29.5. The summed E-state index contributed by atoms with van der Waals surface area (Å²) in [5.41, 5.74) is 3.99. The molecular formula is C37H66. The van der Waals surface area contributed by atoms with Gasteiger partial charge in [0.25, 0.3) is 0 Å². The van der Waals surface area contributed by atoms with Gasteiger partial charge in [-0.25, -0.2) is 0 Å². The van der Waals surface area contributed by atoms with Crippen molar-refractivity contribution in [2.45, 2.75) is 151 Å². The first-order valence-corrected chi connectivity index (χ1v) is 16.8. The fourth-order valence-electron chi connectivity index (χ4n) is 7.68. The van der Waals surface area contributed by atoms with Crippen LogP contribution in [0.4, 0.5) is 0 Å². The minimum absolute atomic E-state index is 0.571. The van der Waals surface area contributed by atoms with Gasteiger partial charge in [0.05, 0.1) is 0 Å². The van der Waals surface area contributed by atoms with Crippen molar-refractivity contribution >= 4 is 0 Å². The van der Waals surface area contributed by atoms with Crippen LogP contribution in [0.15, 0.2) is 36.0 Å². The van der Waals surface area contributed by atoms with Crippen molar-refractivity contribution in [2.75, 3.05) is 0 Å². The Morgan fingerprint density at radius 2 is 1.49 bits per heavy atom. The van der Waals surface area contributed by atoms with Crippen LogP contribution in [-0.2, 0) is 0 Å². The maximum Gasteiger partial charge on any atom is -0.0193 e. The molecule has 2 saturated carbocycles. The van der Waals surface area contributed by atoms with Crippen LogP contribution in [0.3, 0.4) is 0 Å². The second-order valence-electron chi connectivity index (χ2n) is 13.8. The fraction of sp³-hybridized carbons (Fsp3) is 0.838. The first-order chi connectivity index (χ1) is 17.7. The molecule has 0 bridgehead atoms. The van der Waals surface area contributed by atoms with Crippen LogP contribution in [0, 0.1) is 47.3 Å². The Kier molecular flexibility index (Phi) is 14.9. The Morgan fingerprint density at radius 1 is 0.811 bits per heavy atom. The second kappa shape index (κ2) is 17.0. The molecule has 0 aromatic rings. The van der Waals surface area contributed by atoms with Gasteiger partial charge in [0.15, 0.2) is 0 Å². The van der Waals surface area contributed by atoms with Gasteiger partial charge in [-0.3, -0.25) is 0 Å².